The molecule has 3 heteroatoms. The van der Waals surface area contributed by atoms with E-state index in [2.05, 4.69) is 11.7 Å². The van der Waals surface area contributed by atoms with Crippen LogP contribution in [-0.2, 0) is 9.53 Å². The van der Waals surface area contributed by atoms with Gasteiger partial charge in [-0.15, -0.1) is 0 Å². The zero-order valence-corrected chi connectivity index (χ0v) is 8.72. The average Bonchev–Trinajstić information content (AvgIpc) is 2.13. The maximum absolute atomic E-state index is 11.0. The van der Waals surface area contributed by atoms with E-state index in [0.29, 0.717) is 6.42 Å². The van der Waals surface area contributed by atoms with Crippen molar-refractivity contribution in [2.75, 3.05) is 7.11 Å². The highest BCUT2D eigenvalue weighted by Crippen LogP contribution is 2.09. The highest BCUT2D eigenvalue weighted by molar-refractivity contribution is 5.82. The van der Waals surface area contributed by atoms with Gasteiger partial charge in [-0.2, -0.15) is 0 Å². The summed E-state index contributed by atoms with van der Waals surface area (Å²) in [5, 5.41) is 7.53. The molecule has 0 aromatic rings. The second kappa shape index (κ2) is 6.63. The summed E-state index contributed by atoms with van der Waals surface area (Å²) in [4.78, 5) is 11.0. The molecule has 0 radical (unpaired) electrons. The normalized spacial score (nSPS) is 12.2. The van der Waals surface area contributed by atoms with Crippen molar-refractivity contribution in [3.63, 3.8) is 0 Å². The molecule has 0 saturated carbocycles. The molecule has 0 aromatic carbocycles. The van der Waals surface area contributed by atoms with Gasteiger partial charge in [0.05, 0.1) is 13.0 Å². The predicted octanol–water partition coefficient (Wildman–Crippen LogP) is 2.40. The van der Waals surface area contributed by atoms with E-state index in [1.54, 1.807) is 0 Å². The number of ether oxygens (including phenoxy) is 1. The Bertz CT molecular complexity index is 178. The fraction of sp³-hybridized carbons (Fsp3) is 0.800. The van der Waals surface area contributed by atoms with Crippen molar-refractivity contribution < 1.29 is 9.53 Å². The lowest BCUT2D eigenvalue weighted by Gasteiger charge is -2.08. The molecule has 0 spiro atoms. The SMILES string of the molecule is CCCC(=N)CCC(C)C(=O)OC. The molecule has 3 nitrogen and oxygen atoms in total. The Hall–Kier alpha value is -0.860. The zero-order valence-electron chi connectivity index (χ0n) is 8.72. The van der Waals surface area contributed by atoms with E-state index < -0.39 is 0 Å². The number of nitrogens with one attached hydrogen (secondary N) is 1. The summed E-state index contributed by atoms with van der Waals surface area (Å²) in [6.07, 6.45) is 3.29. The van der Waals surface area contributed by atoms with Crippen LogP contribution in [0.2, 0.25) is 0 Å². The largest absolute Gasteiger partial charge is 0.469 e. The van der Waals surface area contributed by atoms with Crippen LogP contribution in [0.3, 0.4) is 0 Å². The molecule has 0 heterocycles. The minimum Gasteiger partial charge on any atom is -0.469 e. The van der Waals surface area contributed by atoms with Gasteiger partial charge in [-0.25, -0.2) is 0 Å². The maximum Gasteiger partial charge on any atom is 0.308 e. The van der Waals surface area contributed by atoms with E-state index in [1.807, 2.05) is 6.92 Å². The third-order valence-corrected chi connectivity index (χ3v) is 2.03. The van der Waals surface area contributed by atoms with Crippen molar-refractivity contribution in [1.82, 2.24) is 0 Å². The predicted molar refractivity (Wildman–Crippen MR) is 53.0 cm³/mol. The monoisotopic (exact) mass is 185 g/mol. The van der Waals surface area contributed by atoms with Gasteiger partial charge in [-0.3, -0.25) is 4.79 Å². The summed E-state index contributed by atoms with van der Waals surface area (Å²) < 4.78 is 4.59. The highest BCUT2D eigenvalue weighted by Gasteiger charge is 2.12. The Morgan fingerprint density at radius 3 is 2.54 bits per heavy atom. The number of hydrogen-bond acceptors (Lipinski definition) is 3. The number of rotatable bonds is 6. The lowest BCUT2D eigenvalue weighted by molar-refractivity contribution is -0.144. The molecule has 1 unspecified atom stereocenters. The van der Waals surface area contributed by atoms with Crippen LogP contribution in [0, 0.1) is 11.3 Å². The molecule has 0 aromatic heterocycles. The van der Waals surface area contributed by atoms with Crippen molar-refractivity contribution in [1.29, 1.82) is 5.41 Å². The van der Waals surface area contributed by atoms with E-state index >= 15 is 0 Å². The quantitative estimate of drug-likeness (QED) is 0.510. The molecule has 0 fully saturated rings. The highest BCUT2D eigenvalue weighted by atomic mass is 16.5. The van der Waals surface area contributed by atoms with Crippen molar-refractivity contribution >= 4 is 11.7 Å². The minimum absolute atomic E-state index is 0.0813. The molecule has 0 aliphatic heterocycles. The van der Waals surface area contributed by atoms with Gasteiger partial charge in [0.25, 0.3) is 0 Å². The van der Waals surface area contributed by atoms with Crippen LogP contribution in [0.1, 0.15) is 39.5 Å². The summed E-state index contributed by atoms with van der Waals surface area (Å²) in [6.45, 7) is 3.89. The van der Waals surface area contributed by atoms with Gasteiger partial charge in [-0.05, 0) is 19.3 Å². The van der Waals surface area contributed by atoms with E-state index in [-0.39, 0.29) is 11.9 Å². The Kier molecular flexibility index (Phi) is 6.20. The van der Waals surface area contributed by atoms with Crippen molar-refractivity contribution in [3.8, 4) is 0 Å². The molecule has 0 rings (SSSR count). The van der Waals surface area contributed by atoms with Crippen LogP contribution >= 0.6 is 0 Å². The van der Waals surface area contributed by atoms with Gasteiger partial charge < -0.3 is 10.1 Å². The smallest absolute Gasteiger partial charge is 0.308 e. The first kappa shape index (κ1) is 12.1. The molecule has 0 saturated heterocycles. The fourth-order valence-electron chi connectivity index (χ4n) is 1.14. The Morgan fingerprint density at radius 1 is 1.46 bits per heavy atom. The summed E-state index contributed by atoms with van der Waals surface area (Å²) in [5.41, 5.74) is 0.734. The second-order valence-electron chi connectivity index (χ2n) is 3.32. The summed E-state index contributed by atoms with van der Waals surface area (Å²) >= 11 is 0. The van der Waals surface area contributed by atoms with E-state index in [0.717, 1.165) is 25.0 Å². The molecule has 76 valence electrons. The molecule has 0 bridgehead atoms. The number of carbonyl (C=O) groups is 1. The standard InChI is InChI=1S/C10H19NO2/c1-4-5-9(11)7-6-8(2)10(12)13-3/h8,11H,4-7H2,1-3H3. The van der Waals surface area contributed by atoms with Gasteiger partial charge in [0, 0.05) is 5.71 Å². The third-order valence-electron chi connectivity index (χ3n) is 2.03. The maximum atomic E-state index is 11.0. The molecular weight excluding hydrogens is 166 g/mol. The van der Waals surface area contributed by atoms with Gasteiger partial charge >= 0.3 is 5.97 Å². The Balaban J connectivity index is 3.63. The first-order valence-electron chi connectivity index (χ1n) is 4.75. The van der Waals surface area contributed by atoms with Gasteiger partial charge in [0.2, 0.25) is 0 Å². The Labute approximate surface area is 80.0 Å². The third kappa shape index (κ3) is 5.39. The first-order valence-corrected chi connectivity index (χ1v) is 4.75. The van der Waals surface area contributed by atoms with Crippen LogP contribution in [0.15, 0.2) is 0 Å². The second-order valence-corrected chi connectivity index (χ2v) is 3.32. The van der Waals surface area contributed by atoms with Crippen molar-refractivity contribution in [2.45, 2.75) is 39.5 Å². The zero-order chi connectivity index (χ0) is 10.3. The van der Waals surface area contributed by atoms with E-state index in [9.17, 15) is 4.79 Å². The molecule has 1 N–H and O–H groups in total. The number of hydrogen-bond donors (Lipinski definition) is 1. The number of carbonyl (C=O) groups excluding carboxylic acids is 1. The van der Waals surface area contributed by atoms with Gasteiger partial charge in [0.15, 0.2) is 0 Å². The summed E-state index contributed by atoms with van der Waals surface area (Å²) in [6, 6.07) is 0. The molecule has 1 atom stereocenters. The van der Waals surface area contributed by atoms with Crippen LogP contribution < -0.4 is 0 Å². The van der Waals surface area contributed by atoms with Crippen molar-refractivity contribution in [2.24, 2.45) is 5.92 Å². The van der Waals surface area contributed by atoms with Gasteiger partial charge in [0.1, 0.15) is 0 Å². The lowest BCUT2D eigenvalue weighted by Crippen LogP contribution is -2.13. The van der Waals surface area contributed by atoms with Crippen LogP contribution in [-0.4, -0.2) is 18.8 Å². The molecule has 13 heavy (non-hydrogen) atoms. The molecular formula is C10H19NO2. The Morgan fingerprint density at radius 2 is 2.08 bits per heavy atom. The van der Waals surface area contributed by atoms with Crippen LogP contribution in [0.25, 0.3) is 0 Å². The number of methoxy groups -OCH3 is 1. The van der Waals surface area contributed by atoms with E-state index in [1.165, 1.54) is 7.11 Å². The molecule has 0 amide bonds. The van der Waals surface area contributed by atoms with E-state index in [4.69, 9.17) is 5.41 Å². The van der Waals surface area contributed by atoms with Crippen LogP contribution in [0.4, 0.5) is 0 Å². The molecule has 0 aliphatic rings. The lowest BCUT2D eigenvalue weighted by atomic mass is 10.0. The molecule has 0 aliphatic carbocycles. The average molecular weight is 185 g/mol. The summed E-state index contributed by atoms with van der Waals surface area (Å²) in [7, 11) is 1.40. The van der Waals surface area contributed by atoms with Crippen LogP contribution in [0.5, 0.6) is 0 Å². The fourth-order valence-corrected chi connectivity index (χ4v) is 1.14. The van der Waals surface area contributed by atoms with Crippen molar-refractivity contribution in [3.05, 3.63) is 0 Å². The number of esters is 1. The minimum atomic E-state index is -0.177. The first-order chi connectivity index (χ1) is 6.11. The summed E-state index contributed by atoms with van der Waals surface area (Å²) in [5.74, 6) is -0.258. The van der Waals surface area contributed by atoms with Gasteiger partial charge in [-0.1, -0.05) is 20.3 Å². The topological polar surface area (TPSA) is 50.2 Å².